The van der Waals surface area contributed by atoms with Gasteiger partial charge in [-0.3, -0.25) is 4.68 Å². The normalized spacial score (nSPS) is 16.4. The van der Waals surface area contributed by atoms with Crippen molar-refractivity contribution in [2.75, 3.05) is 13.2 Å². The Hall–Kier alpha value is -3.54. The van der Waals surface area contributed by atoms with Gasteiger partial charge in [-0.15, -0.1) is 0 Å². The number of halogens is 5. The van der Waals surface area contributed by atoms with E-state index in [1.807, 2.05) is 23.1 Å². The molecular formula is C26H25F5N6O. The smallest absolute Gasteiger partial charge is 0.381 e. The average Bonchev–Trinajstić information content (AvgIpc) is 3.60. The zero-order valence-corrected chi connectivity index (χ0v) is 20.8. The highest BCUT2D eigenvalue weighted by Gasteiger charge is 2.36. The van der Waals surface area contributed by atoms with E-state index in [1.54, 1.807) is 13.8 Å². The van der Waals surface area contributed by atoms with E-state index in [-0.39, 0.29) is 22.8 Å². The molecule has 2 aliphatic rings. The van der Waals surface area contributed by atoms with Crippen LogP contribution in [0.15, 0.2) is 30.6 Å². The average molecular weight is 533 g/mol. The Bertz CT molecular complexity index is 1450. The number of nitrogens with zero attached hydrogens (tertiary/aromatic N) is 6. The lowest BCUT2D eigenvalue weighted by atomic mass is 9.98. The second-order valence-corrected chi connectivity index (χ2v) is 9.39. The molecule has 0 bridgehead atoms. The summed E-state index contributed by atoms with van der Waals surface area (Å²) in [5.74, 6) is -3.34. The van der Waals surface area contributed by atoms with Crippen LogP contribution >= 0.6 is 0 Å². The molecule has 0 amide bonds. The molecule has 200 valence electrons. The number of aromatic nitrogens is 6. The van der Waals surface area contributed by atoms with Crippen molar-refractivity contribution in [2.45, 2.75) is 57.7 Å². The minimum atomic E-state index is -5.02. The fourth-order valence-corrected chi connectivity index (χ4v) is 4.24. The van der Waals surface area contributed by atoms with Gasteiger partial charge >= 0.3 is 6.18 Å². The van der Waals surface area contributed by atoms with Crippen molar-refractivity contribution in [1.29, 1.82) is 0 Å². The fraction of sp³-hybridized carbons (Fsp3) is 0.423. The third-order valence-electron chi connectivity index (χ3n) is 6.63. The molecule has 12 heteroatoms. The van der Waals surface area contributed by atoms with E-state index in [1.165, 1.54) is 12.8 Å². The van der Waals surface area contributed by atoms with Gasteiger partial charge in [-0.05, 0) is 57.7 Å². The first kappa shape index (κ1) is 26.1. The summed E-state index contributed by atoms with van der Waals surface area (Å²) in [6.45, 7) is 4.42. The second-order valence-electron chi connectivity index (χ2n) is 9.39. The topological polar surface area (TPSA) is 78.6 Å². The first-order valence-electron chi connectivity index (χ1n) is 12.3. The summed E-state index contributed by atoms with van der Waals surface area (Å²) < 4.78 is 75.2. The van der Waals surface area contributed by atoms with E-state index in [4.69, 9.17) is 4.74 Å². The molecule has 1 saturated carbocycles. The molecule has 1 aliphatic carbocycles. The van der Waals surface area contributed by atoms with E-state index >= 15 is 0 Å². The van der Waals surface area contributed by atoms with Gasteiger partial charge < -0.3 is 4.74 Å². The highest BCUT2D eigenvalue weighted by Crippen LogP contribution is 2.37. The Morgan fingerprint density at radius 1 is 0.895 bits per heavy atom. The van der Waals surface area contributed by atoms with Crippen LogP contribution in [0.25, 0.3) is 22.4 Å². The summed E-state index contributed by atoms with van der Waals surface area (Å²) in [6.07, 6.45) is 2.75. The summed E-state index contributed by atoms with van der Waals surface area (Å²) in [5.41, 5.74) is -0.759. The van der Waals surface area contributed by atoms with Crippen molar-refractivity contribution in [3.05, 3.63) is 65.0 Å². The fourth-order valence-electron chi connectivity index (χ4n) is 4.24. The van der Waals surface area contributed by atoms with Crippen LogP contribution in [-0.2, 0) is 10.9 Å². The summed E-state index contributed by atoms with van der Waals surface area (Å²) in [5, 5.41) is 4.09. The number of hydrogen-bond acceptors (Lipinski definition) is 6. The van der Waals surface area contributed by atoms with Crippen molar-refractivity contribution in [3.8, 4) is 11.3 Å². The molecule has 1 aliphatic heterocycles. The molecule has 38 heavy (non-hydrogen) atoms. The van der Waals surface area contributed by atoms with Crippen LogP contribution in [0.3, 0.4) is 0 Å². The van der Waals surface area contributed by atoms with Gasteiger partial charge in [-0.1, -0.05) is 0 Å². The molecule has 4 heterocycles. The van der Waals surface area contributed by atoms with E-state index < -0.39 is 28.9 Å². The Morgan fingerprint density at radius 3 is 2.24 bits per heavy atom. The zero-order chi connectivity index (χ0) is 27.0. The largest absolute Gasteiger partial charge is 0.419 e. The quantitative estimate of drug-likeness (QED) is 0.296. The van der Waals surface area contributed by atoms with Gasteiger partial charge in [0.05, 0.1) is 23.0 Å². The van der Waals surface area contributed by atoms with Crippen molar-refractivity contribution in [2.24, 2.45) is 0 Å². The third kappa shape index (κ3) is 5.35. The van der Waals surface area contributed by atoms with Crippen molar-refractivity contribution in [3.63, 3.8) is 0 Å². The highest BCUT2D eigenvalue weighted by atomic mass is 19.4. The van der Waals surface area contributed by atoms with Crippen LogP contribution in [0.2, 0.25) is 0 Å². The molecule has 0 N–H and O–H groups in total. The van der Waals surface area contributed by atoms with Gasteiger partial charge in [-0.2, -0.15) is 18.3 Å². The second kappa shape index (κ2) is 10.3. The number of hydrogen-bond donors (Lipinski definition) is 0. The molecule has 0 radical (unpaired) electrons. The lowest BCUT2D eigenvalue weighted by molar-refractivity contribution is -0.140. The van der Waals surface area contributed by atoms with Gasteiger partial charge in [0, 0.05) is 37.1 Å². The SMILES string of the molecule is Cc1nc2nc(C3CCOCC3)nc(-c3ccc(C(F)(F)F)c(F)c3F)c2nc1C.c1cnn(C2CC2)c1. The summed E-state index contributed by atoms with van der Waals surface area (Å²) in [6, 6.07) is 4.08. The van der Waals surface area contributed by atoms with Crippen LogP contribution in [-0.4, -0.2) is 42.9 Å². The minimum Gasteiger partial charge on any atom is -0.381 e. The molecule has 7 nitrogen and oxygen atoms in total. The number of ether oxygens (including phenoxy) is 1. The Labute approximate surface area is 215 Å². The first-order valence-corrected chi connectivity index (χ1v) is 12.3. The van der Waals surface area contributed by atoms with Crippen LogP contribution in [0.5, 0.6) is 0 Å². The lowest BCUT2D eigenvalue weighted by Crippen LogP contribution is -2.17. The van der Waals surface area contributed by atoms with Crippen molar-refractivity contribution >= 4 is 11.2 Å². The summed E-state index contributed by atoms with van der Waals surface area (Å²) in [7, 11) is 0. The van der Waals surface area contributed by atoms with Gasteiger partial charge in [-0.25, -0.2) is 28.7 Å². The van der Waals surface area contributed by atoms with Crippen molar-refractivity contribution in [1.82, 2.24) is 29.7 Å². The highest BCUT2D eigenvalue weighted by molar-refractivity contribution is 5.87. The van der Waals surface area contributed by atoms with Gasteiger partial charge in [0.15, 0.2) is 17.3 Å². The van der Waals surface area contributed by atoms with Crippen LogP contribution in [0, 0.1) is 25.5 Å². The molecule has 2 fully saturated rings. The maximum absolute atomic E-state index is 14.8. The lowest BCUT2D eigenvalue weighted by Gasteiger charge is -2.21. The zero-order valence-electron chi connectivity index (χ0n) is 20.8. The summed E-state index contributed by atoms with van der Waals surface area (Å²) in [4.78, 5) is 17.6. The van der Waals surface area contributed by atoms with E-state index in [0.717, 1.165) is 12.1 Å². The molecule has 0 atom stereocenters. The molecule has 6 rings (SSSR count). The number of fused-ring (bicyclic) bond motifs is 1. The van der Waals surface area contributed by atoms with E-state index in [9.17, 15) is 22.0 Å². The monoisotopic (exact) mass is 532 g/mol. The Balaban J connectivity index is 0.000000310. The molecule has 4 aromatic rings. The number of benzene rings is 1. The predicted molar refractivity (Wildman–Crippen MR) is 128 cm³/mol. The predicted octanol–water partition coefficient (Wildman–Crippen LogP) is 6.11. The minimum absolute atomic E-state index is 0.0813. The van der Waals surface area contributed by atoms with Gasteiger partial charge in [0.25, 0.3) is 0 Å². The van der Waals surface area contributed by atoms with E-state index in [0.29, 0.717) is 49.3 Å². The molecule has 0 spiro atoms. The molecule has 0 unspecified atom stereocenters. The number of alkyl halides is 3. The molecule has 1 saturated heterocycles. The number of rotatable bonds is 3. The Morgan fingerprint density at radius 2 is 1.61 bits per heavy atom. The molecular weight excluding hydrogens is 507 g/mol. The number of aryl methyl sites for hydroxylation is 2. The van der Waals surface area contributed by atoms with Crippen LogP contribution < -0.4 is 0 Å². The van der Waals surface area contributed by atoms with Gasteiger partial charge in [0.1, 0.15) is 17.0 Å². The van der Waals surface area contributed by atoms with E-state index in [2.05, 4.69) is 25.0 Å². The maximum Gasteiger partial charge on any atom is 0.419 e. The Kier molecular flexibility index (Phi) is 7.08. The van der Waals surface area contributed by atoms with Crippen LogP contribution in [0.1, 0.15) is 60.4 Å². The molecule has 1 aromatic carbocycles. The van der Waals surface area contributed by atoms with Gasteiger partial charge in [0.2, 0.25) is 0 Å². The standard InChI is InChI=1S/C20H17F5N4O.C6H8N2/c1-9-10(2)27-19-17(26-9)16(28-18(29-19)11-5-7-30-8-6-11)12-3-4-13(20(23,24)25)15(22)14(12)21;1-4-7-8(5-1)6-2-3-6/h3-4,11H,5-8H2,1-2H3;1,4-6H,2-3H2. The first-order chi connectivity index (χ1) is 18.1. The van der Waals surface area contributed by atoms with Crippen molar-refractivity contribution < 1.29 is 26.7 Å². The maximum atomic E-state index is 14.8. The molecule has 3 aromatic heterocycles. The summed E-state index contributed by atoms with van der Waals surface area (Å²) >= 11 is 0. The van der Waals surface area contributed by atoms with Crippen LogP contribution in [0.4, 0.5) is 22.0 Å². The third-order valence-corrected chi connectivity index (χ3v) is 6.63.